The molecule has 13 heavy (non-hydrogen) atoms. The summed E-state index contributed by atoms with van der Waals surface area (Å²) in [7, 11) is 0. The SMILES string of the molecule is C=Cc1ncc(C(C)=O)nc1C=C. The molecule has 1 rings (SSSR count). The van der Waals surface area contributed by atoms with Crippen LogP contribution in [-0.2, 0) is 0 Å². The Kier molecular flexibility index (Phi) is 2.69. The summed E-state index contributed by atoms with van der Waals surface area (Å²) < 4.78 is 0. The van der Waals surface area contributed by atoms with Crippen LogP contribution in [0, 0.1) is 0 Å². The van der Waals surface area contributed by atoms with Crippen molar-refractivity contribution in [2.45, 2.75) is 6.92 Å². The van der Waals surface area contributed by atoms with E-state index in [1.54, 1.807) is 12.2 Å². The van der Waals surface area contributed by atoms with Crippen LogP contribution in [0.15, 0.2) is 19.4 Å². The highest BCUT2D eigenvalue weighted by molar-refractivity contribution is 5.92. The van der Waals surface area contributed by atoms with E-state index >= 15 is 0 Å². The zero-order chi connectivity index (χ0) is 9.84. The van der Waals surface area contributed by atoms with E-state index in [1.165, 1.54) is 13.1 Å². The van der Waals surface area contributed by atoms with Crippen molar-refractivity contribution in [1.29, 1.82) is 0 Å². The van der Waals surface area contributed by atoms with Crippen LogP contribution in [0.5, 0.6) is 0 Å². The van der Waals surface area contributed by atoms with Crippen molar-refractivity contribution in [2.24, 2.45) is 0 Å². The predicted octanol–water partition coefficient (Wildman–Crippen LogP) is 1.97. The first-order chi connectivity index (χ1) is 6.19. The van der Waals surface area contributed by atoms with Gasteiger partial charge in [0.25, 0.3) is 0 Å². The summed E-state index contributed by atoms with van der Waals surface area (Å²) in [6.07, 6.45) is 4.57. The number of carbonyl (C=O) groups is 1. The molecular weight excluding hydrogens is 164 g/mol. The monoisotopic (exact) mass is 174 g/mol. The van der Waals surface area contributed by atoms with E-state index in [-0.39, 0.29) is 5.78 Å². The average Bonchev–Trinajstić information content (AvgIpc) is 2.16. The van der Waals surface area contributed by atoms with Crippen molar-refractivity contribution < 1.29 is 4.79 Å². The molecule has 0 aliphatic rings. The molecule has 0 radical (unpaired) electrons. The molecule has 0 aliphatic carbocycles. The van der Waals surface area contributed by atoms with Gasteiger partial charge >= 0.3 is 0 Å². The lowest BCUT2D eigenvalue weighted by Crippen LogP contribution is -2.01. The maximum absolute atomic E-state index is 11.0. The Morgan fingerprint density at radius 1 is 1.38 bits per heavy atom. The molecule has 3 nitrogen and oxygen atoms in total. The Balaban J connectivity index is 3.28. The fraction of sp³-hybridized carbons (Fsp3) is 0.100. The van der Waals surface area contributed by atoms with Gasteiger partial charge in [0.1, 0.15) is 5.69 Å². The standard InChI is InChI=1S/C10H10N2O/c1-4-8-9(5-2)12-10(6-11-8)7(3)13/h4-6H,1-2H2,3H3. The number of ketones is 1. The fourth-order valence-corrected chi connectivity index (χ4v) is 0.890. The largest absolute Gasteiger partial charge is 0.293 e. The van der Waals surface area contributed by atoms with Gasteiger partial charge in [-0.15, -0.1) is 0 Å². The third-order valence-corrected chi connectivity index (χ3v) is 1.58. The number of nitrogens with zero attached hydrogens (tertiary/aromatic N) is 2. The Hall–Kier alpha value is -1.77. The minimum Gasteiger partial charge on any atom is -0.293 e. The van der Waals surface area contributed by atoms with Gasteiger partial charge in [0.2, 0.25) is 0 Å². The van der Waals surface area contributed by atoms with Gasteiger partial charge in [0.05, 0.1) is 17.6 Å². The molecule has 3 heteroatoms. The molecule has 0 unspecified atom stereocenters. The summed E-state index contributed by atoms with van der Waals surface area (Å²) in [6.45, 7) is 8.61. The molecule has 0 aliphatic heterocycles. The van der Waals surface area contributed by atoms with E-state index < -0.39 is 0 Å². The Labute approximate surface area is 76.8 Å². The second kappa shape index (κ2) is 3.76. The summed E-state index contributed by atoms with van der Waals surface area (Å²) in [4.78, 5) is 19.0. The first-order valence-corrected chi connectivity index (χ1v) is 3.82. The van der Waals surface area contributed by atoms with E-state index in [0.717, 1.165) is 0 Å². The first kappa shape index (κ1) is 9.32. The second-order valence-electron chi connectivity index (χ2n) is 2.49. The second-order valence-corrected chi connectivity index (χ2v) is 2.49. The van der Waals surface area contributed by atoms with Gasteiger partial charge < -0.3 is 0 Å². The topological polar surface area (TPSA) is 42.9 Å². The highest BCUT2D eigenvalue weighted by Gasteiger charge is 2.04. The normalized spacial score (nSPS) is 9.31. The molecule has 0 atom stereocenters. The van der Waals surface area contributed by atoms with Gasteiger partial charge in [-0.3, -0.25) is 9.78 Å². The van der Waals surface area contributed by atoms with Gasteiger partial charge in [-0.2, -0.15) is 0 Å². The molecule has 0 N–H and O–H groups in total. The van der Waals surface area contributed by atoms with Gasteiger partial charge in [0, 0.05) is 6.92 Å². The maximum atomic E-state index is 11.0. The molecule has 0 fully saturated rings. The fourth-order valence-electron chi connectivity index (χ4n) is 0.890. The van der Waals surface area contributed by atoms with Crippen LogP contribution in [0.1, 0.15) is 28.8 Å². The summed E-state index contributed by atoms with van der Waals surface area (Å²) in [5, 5.41) is 0. The van der Waals surface area contributed by atoms with E-state index in [0.29, 0.717) is 17.1 Å². The quantitative estimate of drug-likeness (QED) is 0.658. The Morgan fingerprint density at radius 2 is 2.00 bits per heavy atom. The number of Topliss-reactive ketones (excluding diaryl/α,β-unsaturated/α-hetero) is 1. The minimum atomic E-state index is -0.105. The van der Waals surface area contributed by atoms with Crippen LogP contribution in [0.4, 0.5) is 0 Å². The van der Waals surface area contributed by atoms with Crippen LogP contribution in [0.25, 0.3) is 12.2 Å². The molecule has 0 saturated heterocycles. The third kappa shape index (κ3) is 1.87. The molecule has 0 spiro atoms. The molecule has 1 aromatic rings. The maximum Gasteiger partial charge on any atom is 0.179 e. The van der Waals surface area contributed by atoms with Crippen molar-refractivity contribution in [1.82, 2.24) is 9.97 Å². The van der Waals surface area contributed by atoms with Crippen molar-refractivity contribution in [3.8, 4) is 0 Å². The van der Waals surface area contributed by atoms with Crippen LogP contribution in [-0.4, -0.2) is 15.8 Å². The molecule has 0 amide bonds. The van der Waals surface area contributed by atoms with Crippen LogP contribution in [0.3, 0.4) is 0 Å². The first-order valence-electron chi connectivity index (χ1n) is 3.82. The van der Waals surface area contributed by atoms with Crippen LogP contribution in [0.2, 0.25) is 0 Å². The molecule has 0 aromatic carbocycles. The Morgan fingerprint density at radius 3 is 2.46 bits per heavy atom. The minimum absolute atomic E-state index is 0.105. The van der Waals surface area contributed by atoms with Gasteiger partial charge in [-0.05, 0) is 12.2 Å². The molecule has 1 aromatic heterocycles. The number of aromatic nitrogens is 2. The van der Waals surface area contributed by atoms with E-state index in [1.807, 2.05) is 0 Å². The molecule has 0 saturated carbocycles. The smallest absolute Gasteiger partial charge is 0.179 e. The van der Waals surface area contributed by atoms with Gasteiger partial charge in [-0.25, -0.2) is 4.98 Å². The molecule has 0 bridgehead atoms. The van der Waals surface area contributed by atoms with Gasteiger partial charge in [0.15, 0.2) is 5.78 Å². The van der Waals surface area contributed by atoms with Gasteiger partial charge in [-0.1, -0.05) is 13.2 Å². The highest BCUT2D eigenvalue weighted by atomic mass is 16.1. The zero-order valence-corrected chi connectivity index (χ0v) is 7.45. The number of rotatable bonds is 3. The van der Waals surface area contributed by atoms with Crippen LogP contribution >= 0.6 is 0 Å². The summed E-state index contributed by atoms with van der Waals surface area (Å²) in [5.74, 6) is -0.105. The number of hydrogen-bond donors (Lipinski definition) is 0. The lowest BCUT2D eigenvalue weighted by Gasteiger charge is -2.00. The average molecular weight is 174 g/mol. The zero-order valence-electron chi connectivity index (χ0n) is 7.45. The van der Waals surface area contributed by atoms with E-state index in [9.17, 15) is 4.79 Å². The molecule has 66 valence electrons. The summed E-state index contributed by atoms with van der Waals surface area (Å²) in [5.41, 5.74) is 1.57. The van der Waals surface area contributed by atoms with Crippen LogP contribution < -0.4 is 0 Å². The van der Waals surface area contributed by atoms with E-state index in [4.69, 9.17) is 0 Å². The third-order valence-electron chi connectivity index (χ3n) is 1.58. The lowest BCUT2D eigenvalue weighted by atomic mass is 10.2. The number of carbonyl (C=O) groups excluding carboxylic acids is 1. The lowest BCUT2D eigenvalue weighted by molar-refractivity contribution is 0.101. The predicted molar refractivity (Wildman–Crippen MR) is 52.2 cm³/mol. The Bertz CT molecular complexity index is 369. The van der Waals surface area contributed by atoms with Crippen molar-refractivity contribution in [2.75, 3.05) is 0 Å². The highest BCUT2D eigenvalue weighted by Crippen LogP contribution is 2.07. The molecular formula is C10H10N2O. The summed E-state index contributed by atoms with van der Waals surface area (Å²) in [6, 6.07) is 0. The van der Waals surface area contributed by atoms with Crippen molar-refractivity contribution >= 4 is 17.9 Å². The molecule has 1 heterocycles. The summed E-state index contributed by atoms with van der Waals surface area (Å²) >= 11 is 0. The van der Waals surface area contributed by atoms with Crippen molar-refractivity contribution in [3.05, 3.63) is 36.4 Å². The number of hydrogen-bond acceptors (Lipinski definition) is 3. The van der Waals surface area contributed by atoms with Crippen molar-refractivity contribution in [3.63, 3.8) is 0 Å². The van der Waals surface area contributed by atoms with E-state index in [2.05, 4.69) is 23.1 Å².